The zero-order chi connectivity index (χ0) is 33.1. The van der Waals surface area contributed by atoms with Crippen molar-refractivity contribution < 1.29 is 17.7 Å². The van der Waals surface area contributed by atoms with Crippen LogP contribution in [-0.2, 0) is 21.7 Å². The lowest BCUT2D eigenvalue weighted by Crippen LogP contribution is -2.28. The number of hydrogen-bond acceptors (Lipinski definition) is 5. The lowest BCUT2D eigenvalue weighted by atomic mass is 9.83. The standard InChI is InChI=1S/C37H36Cl2N2O4S/c1-37(2,3)29-14-12-25(13-15-29)32(20-24-8-10-26(11-9-24)36(42)40-18-19-46(4,43)44)34-23-35(45-41-34)28-7-5-6-27(21-28)31-17-16-30(38)22-33(31)39/h5-17,21-23,32H,18-20H2,1-4H3,(H,40,42). The number of amides is 1. The Morgan fingerprint density at radius 2 is 1.59 bits per heavy atom. The van der Waals surface area contributed by atoms with Gasteiger partial charge in [-0.15, -0.1) is 0 Å². The second kappa shape index (κ2) is 13.8. The third-order valence-electron chi connectivity index (χ3n) is 7.87. The zero-order valence-corrected chi connectivity index (χ0v) is 28.5. The number of nitrogens with zero attached hydrogens (tertiary/aromatic N) is 1. The number of halogens is 2. The molecule has 0 aliphatic heterocycles. The van der Waals surface area contributed by atoms with Crippen LogP contribution in [-0.4, -0.2) is 38.0 Å². The van der Waals surface area contributed by atoms with Crippen molar-refractivity contribution >= 4 is 38.9 Å². The first-order valence-corrected chi connectivity index (χ1v) is 17.8. The SMILES string of the molecule is CC(C)(C)c1ccc(C(Cc2ccc(C(=O)NCCS(C)(=O)=O)cc2)c2cc(-c3cccc(-c4ccc(Cl)cc4Cl)c3)on2)cc1. The van der Waals surface area contributed by atoms with E-state index in [0.717, 1.165) is 39.8 Å². The molecule has 0 radical (unpaired) electrons. The maximum atomic E-state index is 12.6. The van der Waals surface area contributed by atoms with E-state index in [2.05, 4.69) is 55.5 Å². The monoisotopic (exact) mass is 674 g/mol. The van der Waals surface area contributed by atoms with Crippen molar-refractivity contribution in [1.82, 2.24) is 10.5 Å². The van der Waals surface area contributed by atoms with Crippen LogP contribution in [0, 0.1) is 0 Å². The van der Waals surface area contributed by atoms with Gasteiger partial charge in [0.15, 0.2) is 5.76 Å². The molecule has 238 valence electrons. The van der Waals surface area contributed by atoms with Crippen molar-refractivity contribution in [3.05, 3.63) is 135 Å². The Morgan fingerprint density at radius 1 is 0.891 bits per heavy atom. The first-order valence-electron chi connectivity index (χ1n) is 14.9. The van der Waals surface area contributed by atoms with Gasteiger partial charge < -0.3 is 9.84 Å². The van der Waals surface area contributed by atoms with Crippen LogP contribution in [0.4, 0.5) is 0 Å². The predicted molar refractivity (Wildman–Crippen MR) is 187 cm³/mol. The second-order valence-corrected chi connectivity index (χ2v) is 15.6. The van der Waals surface area contributed by atoms with Gasteiger partial charge in [-0.25, -0.2) is 8.42 Å². The summed E-state index contributed by atoms with van der Waals surface area (Å²) in [5, 5.41) is 8.35. The number of aromatic nitrogens is 1. The van der Waals surface area contributed by atoms with Gasteiger partial charge >= 0.3 is 0 Å². The van der Waals surface area contributed by atoms with Crippen molar-refractivity contribution in [1.29, 1.82) is 0 Å². The lowest BCUT2D eigenvalue weighted by Gasteiger charge is -2.21. The summed E-state index contributed by atoms with van der Waals surface area (Å²) < 4.78 is 28.7. The van der Waals surface area contributed by atoms with E-state index in [9.17, 15) is 13.2 Å². The number of nitrogens with one attached hydrogen (secondary N) is 1. The van der Waals surface area contributed by atoms with Crippen LogP contribution >= 0.6 is 23.2 Å². The van der Waals surface area contributed by atoms with Gasteiger partial charge in [0, 0.05) is 51.5 Å². The second-order valence-electron chi connectivity index (χ2n) is 12.5. The first kappa shape index (κ1) is 33.5. The summed E-state index contributed by atoms with van der Waals surface area (Å²) in [5.74, 6) is 0.104. The van der Waals surface area contributed by atoms with Crippen LogP contribution in [0.1, 0.15) is 59.4 Å². The molecule has 1 unspecified atom stereocenters. The molecule has 1 N–H and O–H groups in total. The zero-order valence-electron chi connectivity index (χ0n) is 26.2. The molecule has 0 spiro atoms. The number of carbonyl (C=O) groups is 1. The predicted octanol–water partition coefficient (Wildman–Crippen LogP) is 8.76. The Labute approximate surface area is 280 Å². The first-order chi connectivity index (χ1) is 21.8. The van der Waals surface area contributed by atoms with E-state index in [-0.39, 0.29) is 29.5 Å². The Bertz CT molecular complexity index is 1940. The molecule has 1 aromatic heterocycles. The van der Waals surface area contributed by atoms with Gasteiger partial charge in [0.1, 0.15) is 9.84 Å². The van der Waals surface area contributed by atoms with E-state index in [4.69, 9.17) is 27.7 Å². The fourth-order valence-electron chi connectivity index (χ4n) is 5.24. The molecule has 6 nitrogen and oxygen atoms in total. The maximum absolute atomic E-state index is 12.6. The number of benzene rings is 4. The van der Waals surface area contributed by atoms with Crippen molar-refractivity contribution in [2.45, 2.75) is 38.5 Å². The smallest absolute Gasteiger partial charge is 0.251 e. The van der Waals surface area contributed by atoms with Crippen molar-refractivity contribution in [2.75, 3.05) is 18.6 Å². The Kier molecular flexibility index (Phi) is 10.1. The minimum atomic E-state index is -3.16. The lowest BCUT2D eigenvalue weighted by molar-refractivity contribution is 0.0956. The number of hydrogen-bond donors (Lipinski definition) is 1. The average Bonchev–Trinajstić information content (AvgIpc) is 3.49. The Balaban J connectivity index is 1.42. The number of sulfone groups is 1. The Hall–Kier alpha value is -3.91. The van der Waals surface area contributed by atoms with Crippen LogP contribution in [0.3, 0.4) is 0 Å². The van der Waals surface area contributed by atoms with Crippen molar-refractivity contribution in [3.8, 4) is 22.5 Å². The topological polar surface area (TPSA) is 89.3 Å². The molecule has 0 saturated carbocycles. The van der Waals surface area contributed by atoms with Crippen molar-refractivity contribution in [3.63, 3.8) is 0 Å². The number of carbonyl (C=O) groups excluding carboxylic acids is 1. The molecule has 46 heavy (non-hydrogen) atoms. The van der Waals surface area contributed by atoms with E-state index in [0.29, 0.717) is 27.8 Å². The van der Waals surface area contributed by atoms with Gasteiger partial charge in [-0.1, -0.05) is 110 Å². The van der Waals surface area contributed by atoms with E-state index < -0.39 is 9.84 Å². The molecule has 9 heteroatoms. The third kappa shape index (κ3) is 8.46. The van der Waals surface area contributed by atoms with Gasteiger partial charge in [-0.2, -0.15) is 0 Å². The third-order valence-corrected chi connectivity index (χ3v) is 9.36. The van der Waals surface area contributed by atoms with Gasteiger partial charge in [-0.05, 0) is 64.4 Å². The highest BCUT2D eigenvalue weighted by atomic mass is 35.5. The minimum absolute atomic E-state index is 0.0187. The molecule has 4 aromatic carbocycles. The van der Waals surface area contributed by atoms with E-state index in [1.807, 2.05) is 54.6 Å². The fourth-order valence-corrected chi connectivity index (χ4v) is 6.23. The molecule has 1 atom stereocenters. The van der Waals surface area contributed by atoms with E-state index in [1.165, 1.54) is 5.56 Å². The molecule has 5 aromatic rings. The van der Waals surface area contributed by atoms with Gasteiger partial charge in [0.2, 0.25) is 0 Å². The summed E-state index contributed by atoms with van der Waals surface area (Å²) >= 11 is 12.6. The molecule has 1 heterocycles. The molecular weight excluding hydrogens is 639 g/mol. The average molecular weight is 676 g/mol. The Morgan fingerprint density at radius 3 is 2.24 bits per heavy atom. The molecule has 1 amide bonds. The quantitative estimate of drug-likeness (QED) is 0.160. The highest BCUT2D eigenvalue weighted by Crippen LogP contribution is 2.36. The van der Waals surface area contributed by atoms with E-state index in [1.54, 1.807) is 18.2 Å². The van der Waals surface area contributed by atoms with Crippen LogP contribution in [0.5, 0.6) is 0 Å². The highest BCUT2D eigenvalue weighted by Gasteiger charge is 2.22. The summed E-state index contributed by atoms with van der Waals surface area (Å²) in [6, 6.07) is 31.3. The molecule has 0 saturated heterocycles. The molecule has 5 rings (SSSR count). The van der Waals surface area contributed by atoms with E-state index >= 15 is 0 Å². The van der Waals surface area contributed by atoms with Crippen molar-refractivity contribution in [2.24, 2.45) is 0 Å². The molecule has 0 aliphatic carbocycles. The normalized spacial score (nSPS) is 12.6. The molecule has 0 aliphatic rings. The van der Waals surface area contributed by atoms with Gasteiger partial charge in [-0.3, -0.25) is 4.79 Å². The summed E-state index contributed by atoms with van der Waals surface area (Å²) in [5.41, 5.74) is 7.30. The summed E-state index contributed by atoms with van der Waals surface area (Å²) in [4.78, 5) is 12.6. The minimum Gasteiger partial charge on any atom is -0.356 e. The largest absolute Gasteiger partial charge is 0.356 e. The summed E-state index contributed by atoms with van der Waals surface area (Å²) in [6.45, 7) is 6.63. The maximum Gasteiger partial charge on any atom is 0.251 e. The molecule has 0 fully saturated rings. The van der Waals surface area contributed by atoms with Crippen LogP contribution in [0.15, 0.2) is 102 Å². The summed E-state index contributed by atoms with van der Waals surface area (Å²) in [6.07, 6.45) is 1.77. The van der Waals surface area contributed by atoms with Gasteiger partial charge in [0.25, 0.3) is 5.91 Å². The fraction of sp³-hybridized carbons (Fsp3) is 0.243. The number of rotatable bonds is 10. The van der Waals surface area contributed by atoms with Crippen LogP contribution in [0.2, 0.25) is 10.0 Å². The highest BCUT2D eigenvalue weighted by molar-refractivity contribution is 7.90. The molecular formula is C37H36Cl2N2O4S. The summed E-state index contributed by atoms with van der Waals surface area (Å²) in [7, 11) is -3.16. The van der Waals surface area contributed by atoms with Crippen LogP contribution < -0.4 is 5.32 Å². The molecule has 0 bridgehead atoms. The van der Waals surface area contributed by atoms with Gasteiger partial charge in [0.05, 0.1) is 11.4 Å². The van der Waals surface area contributed by atoms with Crippen LogP contribution in [0.25, 0.3) is 22.5 Å².